The molecule has 1 aromatic carbocycles. The van der Waals surface area contributed by atoms with E-state index >= 15 is 0 Å². The number of hydrogen-bond donors (Lipinski definition) is 2. The zero-order valence-electron chi connectivity index (χ0n) is 12.7. The van der Waals surface area contributed by atoms with E-state index in [2.05, 4.69) is 39.4 Å². The first-order chi connectivity index (χ1) is 10.7. The Hall–Kier alpha value is -2.47. The second-order valence-corrected chi connectivity index (χ2v) is 5.12. The van der Waals surface area contributed by atoms with Crippen LogP contribution in [0.5, 0.6) is 0 Å². The highest BCUT2D eigenvalue weighted by Gasteiger charge is 2.10. The molecule has 0 aliphatic heterocycles. The first-order valence-corrected chi connectivity index (χ1v) is 7.24. The number of hydrogen-bond acceptors (Lipinski definition) is 5. The number of nitrogen functional groups attached to an aromatic ring is 1. The molecule has 2 aromatic rings. The Bertz CT molecular complexity index is 602. The van der Waals surface area contributed by atoms with E-state index in [1.54, 1.807) is 0 Å². The summed E-state index contributed by atoms with van der Waals surface area (Å²) in [6.07, 6.45) is 3.78. The molecule has 6 nitrogen and oxygen atoms in total. The number of nitrogens with two attached hydrogens (primary N) is 1. The molecule has 6 heteroatoms. The van der Waals surface area contributed by atoms with Crippen LogP contribution in [-0.2, 0) is 6.54 Å². The van der Waals surface area contributed by atoms with Crippen LogP contribution in [0.1, 0.15) is 22.5 Å². The summed E-state index contributed by atoms with van der Waals surface area (Å²) in [6, 6.07) is 10.3. The van der Waals surface area contributed by atoms with Crippen LogP contribution in [0.4, 0.5) is 5.82 Å². The predicted molar refractivity (Wildman–Crippen MR) is 86.2 cm³/mol. The van der Waals surface area contributed by atoms with Gasteiger partial charge in [-0.3, -0.25) is 4.79 Å². The molecule has 0 aliphatic carbocycles. The number of aromatic nitrogens is 2. The fraction of sp³-hybridized carbons (Fsp3) is 0.312. The number of carbonyl (C=O) groups excluding carboxylic acids is 1. The lowest BCUT2D eigenvalue weighted by atomic mass is 10.2. The second-order valence-electron chi connectivity index (χ2n) is 5.12. The molecule has 1 aromatic heterocycles. The van der Waals surface area contributed by atoms with E-state index in [0.717, 1.165) is 19.5 Å². The van der Waals surface area contributed by atoms with Crippen molar-refractivity contribution in [2.75, 3.05) is 25.9 Å². The highest BCUT2D eigenvalue weighted by Crippen LogP contribution is 2.04. The monoisotopic (exact) mass is 299 g/mol. The van der Waals surface area contributed by atoms with Gasteiger partial charge >= 0.3 is 0 Å². The number of anilines is 1. The fourth-order valence-electron chi connectivity index (χ4n) is 2.13. The van der Waals surface area contributed by atoms with Crippen molar-refractivity contribution in [2.45, 2.75) is 13.0 Å². The van der Waals surface area contributed by atoms with Gasteiger partial charge in [0.05, 0.1) is 0 Å². The van der Waals surface area contributed by atoms with Crippen molar-refractivity contribution < 1.29 is 4.79 Å². The van der Waals surface area contributed by atoms with Gasteiger partial charge in [0.2, 0.25) is 0 Å². The van der Waals surface area contributed by atoms with Crippen molar-refractivity contribution in [1.82, 2.24) is 20.2 Å². The zero-order valence-corrected chi connectivity index (χ0v) is 12.7. The summed E-state index contributed by atoms with van der Waals surface area (Å²) in [5.41, 5.74) is 7.08. The third-order valence-corrected chi connectivity index (χ3v) is 3.24. The molecule has 2 rings (SSSR count). The van der Waals surface area contributed by atoms with Gasteiger partial charge in [0, 0.05) is 25.5 Å². The molecular formula is C16H21N5O. The van der Waals surface area contributed by atoms with E-state index < -0.39 is 0 Å². The molecule has 0 saturated heterocycles. The van der Waals surface area contributed by atoms with Crippen LogP contribution in [0.3, 0.4) is 0 Å². The average Bonchev–Trinajstić information content (AvgIpc) is 2.53. The summed E-state index contributed by atoms with van der Waals surface area (Å²) in [4.78, 5) is 21.9. The summed E-state index contributed by atoms with van der Waals surface area (Å²) in [6.45, 7) is 2.37. The molecule has 0 atom stereocenters. The largest absolute Gasteiger partial charge is 0.382 e. The summed E-state index contributed by atoms with van der Waals surface area (Å²) in [5.74, 6) is -0.127. The van der Waals surface area contributed by atoms with Crippen molar-refractivity contribution in [3.8, 4) is 0 Å². The maximum Gasteiger partial charge on any atom is 0.273 e. The van der Waals surface area contributed by atoms with Gasteiger partial charge in [0.1, 0.15) is 0 Å². The molecular weight excluding hydrogens is 278 g/mol. The lowest BCUT2D eigenvalue weighted by Crippen LogP contribution is -2.29. The summed E-state index contributed by atoms with van der Waals surface area (Å²) in [5, 5.41) is 2.81. The van der Waals surface area contributed by atoms with Gasteiger partial charge in [-0.25, -0.2) is 9.97 Å². The van der Waals surface area contributed by atoms with Gasteiger partial charge in [0.25, 0.3) is 5.91 Å². The molecule has 0 fully saturated rings. The van der Waals surface area contributed by atoms with Crippen molar-refractivity contribution in [1.29, 1.82) is 0 Å². The predicted octanol–water partition coefficient (Wildman–Crippen LogP) is 1.31. The Balaban J connectivity index is 1.69. The van der Waals surface area contributed by atoms with Crippen LogP contribution in [0.25, 0.3) is 0 Å². The van der Waals surface area contributed by atoms with Gasteiger partial charge < -0.3 is 16.0 Å². The van der Waals surface area contributed by atoms with Crippen molar-refractivity contribution in [3.63, 3.8) is 0 Å². The van der Waals surface area contributed by atoms with E-state index in [0.29, 0.717) is 6.54 Å². The zero-order chi connectivity index (χ0) is 15.8. The SMILES string of the molecule is CN(CCCNC(=O)c1nccnc1N)Cc1ccccc1. The Morgan fingerprint density at radius 2 is 1.95 bits per heavy atom. The summed E-state index contributed by atoms with van der Waals surface area (Å²) < 4.78 is 0. The first-order valence-electron chi connectivity index (χ1n) is 7.24. The van der Waals surface area contributed by atoms with Crippen LogP contribution < -0.4 is 11.1 Å². The maximum atomic E-state index is 11.9. The van der Waals surface area contributed by atoms with Gasteiger partial charge in [-0.05, 0) is 25.6 Å². The number of nitrogens with zero attached hydrogens (tertiary/aromatic N) is 3. The summed E-state index contributed by atoms with van der Waals surface area (Å²) in [7, 11) is 2.06. The highest BCUT2D eigenvalue weighted by molar-refractivity contribution is 5.96. The second kappa shape index (κ2) is 8.09. The van der Waals surface area contributed by atoms with Gasteiger partial charge in [-0.15, -0.1) is 0 Å². The van der Waals surface area contributed by atoms with E-state index in [1.807, 2.05) is 18.2 Å². The van der Waals surface area contributed by atoms with E-state index in [4.69, 9.17) is 5.73 Å². The van der Waals surface area contributed by atoms with Crippen LogP contribution in [0, 0.1) is 0 Å². The minimum absolute atomic E-state index is 0.154. The normalized spacial score (nSPS) is 10.6. The molecule has 1 amide bonds. The van der Waals surface area contributed by atoms with Crippen LogP contribution in [0.2, 0.25) is 0 Å². The molecule has 0 unspecified atom stereocenters. The van der Waals surface area contributed by atoms with Gasteiger partial charge in [-0.1, -0.05) is 30.3 Å². The van der Waals surface area contributed by atoms with E-state index in [9.17, 15) is 4.79 Å². The molecule has 1 heterocycles. The molecule has 0 bridgehead atoms. The minimum atomic E-state index is -0.281. The Morgan fingerprint density at radius 3 is 2.68 bits per heavy atom. The van der Waals surface area contributed by atoms with Gasteiger partial charge in [-0.2, -0.15) is 0 Å². The van der Waals surface area contributed by atoms with Crippen LogP contribution in [-0.4, -0.2) is 40.9 Å². The Morgan fingerprint density at radius 1 is 1.23 bits per heavy atom. The molecule has 116 valence electrons. The lowest BCUT2D eigenvalue weighted by Gasteiger charge is -2.16. The Labute approximate surface area is 130 Å². The highest BCUT2D eigenvalue weighted by atomic mass is 16.1. The summed E-state index contributed by atoms with van der Waals surface area (Å²) >= 11 is 0. The maximum absolute atomic E-state index is 11.9. The third-order valence-electron chi connectivity index (χ3n) is 3.24. The van der Waals surface area contributed by atoms with Crippen molar-refractivity contribution in [2.24, 2.45) is 0 Å². The molecule has 0 saturated carbocycles. The topological polar surface area (TPSA) is 84.1 Å². The number of amides is 1. The standard InChI is InChI=1S/C16H21N5O/c1-21(12-13-6-3-2-4-7-13)11-5-8-20-16(22)14-15(17)19-10-9-18-14/h2-4,6-7,9-10H,5,8,11-12H2,1H3,(H2,17,19)(H,20,22). The number of benzene rings is 1. The smallest absolute Gasteiger partial charge is 0.273 e. The number of carbonyl (C=O) groups is 1. The quantitative estimate of drug-likeness (QED) is 0.753. The lowest BCUT2D eigenvalue weighted by molar-refractivity contribution is 0.0947. The van der Waals surface area contributed by atoms with Crippen molar-refractivity contribution >= 4 is 11.7 Å². The van der Waals surface area contributed by atoms with Crippen molar-refractivity contribution in [3.05, 3.63) is 54.0 Å². The number of nitrogens with one attached hydrogen (secondary N) is 1. The average molecular weight is 299 g/mol. The fourth-order valence-corrected chi connectivity index (χ4v) is 2.13. The molecule has 0 spiro atoms. The first kappa shape index (κ1) is 15.9. The van der Waals surface area contributed by atoms with E-state index in [-0.39, 0.29) is 17.4 Å². The molecule has 0 radical (unpaired) electrons. The van der Waals surface area contributed by atoms with Crippen LogP contribution >= 0.6 is 0 Å². The molecule has 0 aliphatic rings. The Kier molecular flexibility index (Phi) is 5.85. The molecule has 22 heavy (non-hydrogen) atoms. The van der Waals surface area contributed by atoms with Gasteiger partial charge in [0.15, 0.2) is 11.5 Å². The minimum Gasteiger partial charge on any atom is -0.382 e. The van der Waals surface area contributed by atoms with E-state index in [1.165, 1.54) is 18.0 Å². The molecule has 3 N–H and O–H groups in total. The third kappa shape index (κ3) is 4.82. The van der Waals surface area contributed by atoms with Crippen LogP contribution in [0.15, 0.2) is 42.7 Å². The number of rotatable bonds is 7.